The lowest BCUT2D eigenvalue weighted by atomic mass is 9.73. The van der Waals surface area contributed by atoms with Gasteiger partial charge in [-0.3, -0.25) is 9.59 Å². The van der Waals surface area contributed by atoms with Gasteiger partial charge in [0.1, 0.15) is 5.75 Å². The second-order valence-electron chi connectivity index (χ2n) is 8.21. The molecular weight excluding hydrogens is 400 g/mol. The Hall–Kier alpha value is -2.38. The molecule has 2 amide bonds. The molecule has 0 radical (unpaired) electrons. The minimum Gasteiger partial charge on any atom is -0.496 e. The van der Waals surface area contributed by atoms with Crippen molar-refractivity contribution in [2.45, 2.75) is 38.0 Å². The summed E-state index contributed by atoms with van der Waals surface area (Å²) in [6.45, 7) is 3.89. The molecule has 0 spiro atoms. The Morgan fingerprint density at radius 2 is 1.97 bits per heavy atom. The fourth-order valence-corrected chi connectivity index (χ4v) is 4.80. The summed E-state index contributed by atoms with van der Waals surface area (Å²) >= 11 is 1.31. The molecule has 1 saturated carbocycles. The van der Waals surface area contributed by atoms with Gasteiger partial charge in [-0.2, -0.15) is 0 Å². The zero-order valence-corrected chi connectivity index (χ0v) is 18.3. The van der Waals surface area contributed by atoms with Gasteiger partial charge in [0.05, 0.1) is 17.0 Å². The average molecular weight is 429 g/mol. The van der Waals surface area contributed by atoms with Crippen LogP contribution in [0.2, 0.25) is 0 Å². The summed E-state index contributed by atoms with van der Waals surface area (Å²) in [5.74, 6) is 0.918. The van der Waals surface area contributed by atoms with Crippen LogP contribution >= 0.6 is 11.3 Å². The number of benzene rings is 1. The van der Waals surface area contributed by atoms with Gasteiger partial charge >= 0.3 is 0 Å². The van der Waals surface area contributed by atoms with E-state index in [2.05, 4.69) is 23.6 Å². The molecule has 2 aromatic rings. The van der Waals surface area contributed by atoms with Gasteiger partial charge in [0.15, 0.2) is 0 Å². The number of amides is 2. The fraction of sp³-hybridized carbons (Fsp3) is 0.478. The molecule has 2 heterocycles. The summed E-state index contributed by atoms with van der Waals surface area (Å²) in [6, 6.07) is 9.77. The molecule has 1 aromatic carbocycles. The Labute approximate surface area is 181 Å². The number of thiophene rings is 1. The molecule has 6 nitrogen and oxygen atoms in total. The first kappa shape index (κ1) is 20.9. The maximum atomic E-state index is 12.9. The first-order valence-corrected chi connectivity index (χ1v) is 11.2. The van der Waals surface area contributed by atoms with Gasteiger partial charge in [-0.1, -0.05) is 17.7 Å². The molecule has 0 unspecified atom stereocenters. The first-order chi connectivity index (χ1) is 14.5. The number of hydrogen-bond acceptors (Lipinski definition) is 5. The third-order valence-corrected chi connectivity index (χ3v) is 6.99. The number of hydrogen-bond donors (Lipinski definition) is 2. The minimum absolute atomic E-state index is 0.0523. The van der Waals surface area contributed by atoms with Crippen molar-refractivity contribution in [3.05, 3.63) is 46.3 Å². The maximum Gasteiger partial charge on any atom is 0.261 e. The van der Waals surface area contributed by atoms with Crippen molar-refractivity contribution in [2.24, 2.45) is 5.92 Å². The van der Waals surface area contributed by atoms with Crippen LogP contribution < -0.4 is 15.4 Å². The lowest BCUT2D eigenvalue weighted by Gasteiger charge is -2.38. The van der Waals surface area contributed by atoms with Crippen LogP contribution in [-0.2, 0) is 14.9 Å². The van der Waals surface area contributed by atoms with Gasteiger partial charge < -0.3 is 20.1 Å². The van der Waals surface area contributed by atoms with Crippen molar-refractivity contribution in [3.8, 4) is 5.75 Å². The van der Waals surface area contributed by atoms with E-state index < -0.39 is 0 Å². The van der Waals surface area contributed by atoms with Gasteiger partial charge in [0.25, 0.3) is 5.91 Å². The molecule has 1 aliphatic heterocycles. The molecule has 0 bridgehead atoms. The predicted octanol–water partition coefficient (Wildman–Crippen LogP) is 3.89. The van der Waals surface area contributed by atoms with Crippen LogP contribution in [0.3, 0.4) is 0 Å². The summed E-state index contributed by atoms with van der Waals surface area (Å²) in [5.41, 5.74) is 2.06. The molecular formula is C23H28N2O4S. The lowest BCUT2D eigenvalue weighted by molar-refractivity contribution is -0.117. The molecule has 7 heteroatoms. The van der Waals surface area contributed by atoms with Crippen LogP contribution in [0.25, 0.3) is 0 Å². The highest BCUT2D eigenvalue weighted by atomic mass is 32.1. The quantitative estimate of drug-likeness (QED) is 0.701. The van der Waals surface area contributed by atoms with Crippen LogP contribution in [0, 0.1) is 12.8 Å². The molecule has 2 aliphatic rings. The standard InChI is InChI=1S/C23H28N2O4S/c1-15-3-6-18(28-2)17(13-15)23(9-11-29-12-10-23)14-24-22(27)19-7-8-20(30-19)25-21(26)16-4-5-16/h3,6-8,13,16H,4-5,9-12,14H2,1-2H3,(H,24,27)(H,25,26). The smallest absolute Gasteiger partial charge is 0.261 e. The van der Waals surface area contributed by atoms with E-state index in [1.807, 2.05) is 12.1 Å². The Bertz CT molecular complexity index is 929. The van der Waals surface area contributed by atoms with Gasteiger partial charge in [-0.25, -0.2) is 0 Å². The summed E-state index contributed by atoms with van der Waals surface area (Å²) in [7, 11) is 1.68. The monoisotopic (exact) mass is 428 g/mol. The number of nitrogens with one attached hydrogen (secondary N) is 2. The molecule has 1 aliphatic carbocycles. The van der Waals surface area contributed by atoms with Crippen LogP contribution in [0.4, 0.5) is 5.00 Å². The lowest BCUT2D eigenvalue weighted by Crippen LogP contribution is -2.44. The average Bonchev–Trinajstić information content (AvgIpc) is 3.52. The van der Waals surface area contributed by atoms with E-state index in [-0.39, 0.29) is 23.1 Å². The SMILES string of the molecule is COc1ccc(C)cc1C1(CNC(=O)c2ccc(NC(=O)C3CC3)s2)CCOCC1. The third-order valence-electron chi connectivity index (χ3n) is 5.99. The second-order valence-corrected chi connectivity index (χ2v) is 9.29. The zero-order chi connectivity index (χ0) is 21.1. The highest BCUT2D eigenvalue weighted by Crippen LogP contribution is 2.40. The number of anilines is 1. The van der Waals surface area contributed by atoms with E-state index >= 15 is 0 Å². The number of rotatable bonds is 7. The van der Waals surface area contributed by atoms with Gasteiger partial charge in [-0.15, -0.1) is 11.3 Å². The van der Waals surface area contributed by atoms with Crippen LogP contribution in [0.1, 0.15) is 46.5 Å². The summed E-state index contributed by atoms with van der Waals surface area (Å²) in [6.07, 6.45) is 3.55. The molecule has 0 atom stereocenters. The summed E-state index contributed by atoms with van der Waals surface area (Å²) < 4.78 is 11.3. The highest BCUT2D eigenvalue weighted by Gasteiger charge is 2.37. The van der Waals surface area contributed by atoms with E-state index in [1.165, 1.54) is 11.3 Å². The number of aryl methyl sites for hydroxylation is 1. The van der Waals surface area contributed by atoms with E-state index in [1.54, 1.807) is 19.2 Å². The molecule has 30 heavy (non-hydrogen) atoms. The Balaban J connectivity index is 1.48. The molecule has 1 aromatic heterocycles. The van der Waals surface area contributed by atoms with Crippen molar-refractivity contribution in [2.75, 3.05) is 32.2 Å². The second kappa shape index (κ2) is 8.78. The maximum absolute atomic E-state index is 12.9. The van der Waals surface area contributed by atoms with Crippen molar-refractivity contribution in [1.82, 2.24) is 5.32 Å². The fourth-order valence-electron chi connectivity index (χ4n) is 3.97. The normalized spacial score (nSPS) is 17.9. The predicted molar refractivity (Wildman–Crippen MR) is 117 cm³/mol. The Kier molecular flexibility index (Phi) is 6.11. The van der Waals surface area contributed by atoms with Crippen LogP contribution in [-0.4, -0.2) is 38.7 Å². The number of carbonyl (C=O) groups is 2. The Morgan fingerprint density at radius 3 is 2.67 bits per heavy atom. The van der Waals surface area contributed by atoms with Crippen molar-refractivity contribution in [3.63, 3.8) is 0 Å². The highest BCUT2D eigenvalue weighted by molar-refractivity contribution is 7.18. The molecule has 1 saturated heterocycles. The summed E-state index contributed by atoms with van der Waals surface area (Å²) in [5, 5.41) is 6.75. The van der Waals surface area contributed by atoms with E-state index in [0.717, 1.165) is 47.6 Å². The van der Waals surface area contributed by atoms with Crippen LogP contribution in [0.5, 0.6) is 5.75 Å². The zero-order valence-electron chi connectivity index (χ0n) is 17.5. The largest absolute Gasteiger partial charge is 0.496 e. The van der Waals surface area contributed by atoms with Crippen LogP contribution in [0.15, 0.2) is 30.3 Å². The van der Waals surface area contributed by atoms with Gasteiger partial charge in [0, 0.05) is 36.7 Å². The molecule has 4 rings (SSSR count). The van der Waals surface area contributed by atoms with E-state index in [4.69, 9.17) is 9.47 Å². The first-order valence-electron chi connectivity index (χ1n) is 10.4. The van der Waals surface area contributed by atoms with E-state index in [9.17, 15) is 9.59 Å². The van der Waals surface area contributed by atoms with Crippen molar-refractivity contribution < 1.29 is 19.1 Å². The van der Waals surface area contributed by atoms with Gasteiger partial charge in [-0.05, 0) is 50.8 Å². The topological polar surface area (TPSA) is 76.7 Å². The molecule has 2 fully saturated rings. The molecule has 2 N–H and O–H groups in total. The number of ether oxygens (including phenoxy) is 2. The van der Waals surface area contributed by atoms with Crippen molar-refractivity contribution in [1.29, 1.82) is 0 Å². The molecule has 160 valence electrons. The Morgan fingerprint density at radius 1 is 1.20 bits per heavy atom. The van der Waals surface area contributed by atoms with E-state index in [0.29, 0.717) is 24.6 Å². The summed E-state index contributed by atoms with van der Waals surface area (Å²) in [4.78, 5) is 25.4. The third kappa shape index (κ3) is 4.52. The number of carbonyl (C=O) groups excluding carboxylic acids is 2. The minimum atomic E-state index is -0.231. The number of methoxy groups -OCH3 is 1. The van der Waals surface area contributed by atoms with Gasteiger partial charge in [0.2, 0.25) is 5.91 Å². The van der Waals surface area contributed by atoms with Crippen molar-refractivity contribution >= 4 is 28.2 Å².